The molecule has 1 amide bonds. The van der Waals surface area contributed by atoms with Crippen LogP contribution in [0.1, 0.15) is 23.8 Å². The van der Waals surface area contributed by atoms with Crippen molar-refractivity contribution in [2.24, 2.45) is 5.73 Å². The van der Waals surface area contributed by atoms with Crippen LogP contribution in [-0.4, -0.2) is 30.5 Å². The van der Waals surface area contributed by atoms with Gasteiger partial charge >= 0.3 is 0 Å². The SMILES string of the molecule is CCNCCCNc1cccc(C(N)=O)n1. The Morgan fingerprint density at radius 1 is 1.44 bits per heavy atom. The van der Waals surface area contributed by atoms with Gasteiger partial charge in [-0.05, 0) is 31.6 Å². The smallest absolute Gasteiger partial charge is 0.267 e. The lowest BCUT2D eigenvalue weighted by molar-refractivity contribution is 0.0995. The first-order valence-corrected chi connectivity index (χ1v) is 5.45. The molecule has 0 radical (unpaired) electrons. The van der Waals surface area contributed by atoms with E-state index in [2.05, 4.69) is 22.5 Å². The van der Waals surface area contributed by atoms with Crippen molar-refractivity contribution in [1.82, 2.24) is 10.3 Å². The molecular weight excluding hydrogens is 204 g/mol. The van der Waals surface area contributed by atoms with E-state index in [1.54, 1.807) is 12.1 Å². The Morgan fingerprint density at radius 2 is 2.25 bits per heavy atom. The summed E-state index contributed by atoms with van der Waals surface area (Å²) in [5, 5.41) is 6.37. The lowest BCUT2D eigenvalue weighted by Crippen LogP contribution is -2.18. The number of carbonyl (C=O) groups excluding carboxylic acids is 1. The van der Waals surface area contributed by atoms with E-state index in [-0.39, 0.29) is 5.69 Å². The molecule has 0 aromatic carbocycles. The van der Waals surface area contributed by atoms with Crippen molar-refractivity contribution in [3.05, 3.63) is 23.9 Å². The van der Waals surface area contributed by atoms with Crippen molar-refractivity contribution >= 4 is 11.7 Å². The van der Waals surface area contributed by atoms with Crippen LogP contribution in [0.3, 0.4) is 0 Å². The van der Waals surface area contributed by atoms with Crippen molar-refractivity contribution in [2.45, 2.75) is 13.3 Å². The molecule has 0 atom stereocenters. The van der Waals surface area contributed by atoms with Gasteiger partial charge in [0.15, 0.2) is 0 Å². The van der Waals surface area contributed by atoms with E-state index in [4.69, 9.17) is 5.73 Å². The Labute approximate surface area is 95.4 Å². The van der Waals surface area contributed by atoms with E-state index in [0.29, 0.717) is 5.82 Å². The predicted molar refractivity (Wildman–Crippen MR) is 64.4 cm³/mol. The highest BCUT2D eigenvalue weighted by molar-refractivity contribution is 5.91. The topological polar surface area (TPSA) is 80.0 Å². The summed E-state index contributed by atoms with van der Waals surface area (Å²) in [6, 6.07) is 5.19. The van der Waals surface area contributed by atoms with E-state index >= 15 is 0 Å². The van der Waals surface area contributed by atoms with Gasteiger partial charge in [0, 0.05) is 6.54 Å². The van der Waals surface area contributed by atoms with Crippen molar-refractivity contribution in [1.29, 1.82) is 0 Å². The fourth-order valence-electron chi connectivity index (χ4n) is 1.28. The van der Waals surface area contributed by atoms with Gasteiger partial charge in [-0.2, -0.15) is 0 Å². The number of nitrogens with two attached hydrogens (primary N) is 1. The number of hydrogen-bond donors (Lipinski definition) is 3. The highest BCUT2D eigenvalue weighted by atomic mass is 16.1. The minimum absolute atomic E-state index is 0.289. The molecule has 1 heterocycles. The summed E-state index contributed by atoms with van der Waals surface area (Å²) in [5.41, 5.74) is 5.43. The number of anilines is 1. The molecule has 16 heavy (non-hydrogen) atoms. The van der Waals surface area contributed by atoms with Crippen molar-refractivity contribution in [3.63, 3.8) is 0 Å². The Hall–Kier alpha value is -1.62. The molecule has 1 rings (SSSR count). The number of pyridine rings is 1. The Kier molecular flexibility index (Phi) is 5.28. The highest BCUT2D eigenvalue weighted by Crippen LogP contribution is 2.03. The average molecular weight is 222 g/mol. The molecule has 0 aliphatic heterocycles. The van der Waals surface area contributed by atoms with Crippen LogP contribution >= 0.6 is 0 Å². The van der Waals surface area contributed by atoms with Gasteiger partial charge in [-0.25, -0.2) is 4.98 Å². The Bertz CT molecular complexity index is 341. The number of aromatic nitrogens is 1. The zero-order valence-corrected chi connectivity index (χ0v) is 9.49. The monoisotopic (exact) mass is 222 g/mol. The summed E-state index contributed by atoms with van der Waals surface area (Å²) in [7, 11) is 0. The summed E-state index contributed by atoms with van der Waals surface area (Å²) in [6.45, 7) is 4.85. The van der Waals surface area contributed by atoms with E-state index < -0.39 is 5.91 Å². The van der Waals surface area contributed by atoms with Gasteiger partial charge in [0.05, 0.1) is 0 Å². The second kappa shape index (κ2) is 6.79. The second-order valence-electron chi connectivity index (χ2n) is 3.41. The van der Waals surface area contributed by atoms with Crippen LogP contribution in [0.2, 0.25) is 0 Å². The largest absolute Gasteiger partial charge is 0.370 e. The zero-order valence-electron chi connectivity index (χ0n) is 9.49. The first kappa shape index (κ1) is 12.4. The molecule has 5 nitrogen and oxygen atoms in total. The van der Waals surface area contributed by atoms with Gasteiger partial charge in [0.2, 0.25) is 0 Å². The molecule has 0 aliphatic carbocycles. The first-order valence-electron chi connectivity index (χ1n) is 5.45. The number of amides is 1. The summed E-state index contributed by atoms with van der Waals surface area (Å²) in [5.74, 6) is 0.184. The van der Waals surface area contributed by atoms with Crippen LogP contribution < -0.4 is 16.4 Å². The fourth-order valence-corrected chi connectivity index (χ4v) is 1.28. The van der Waals surface area contributed by atoms with Crippen LogP contribution in [0.5, 0.6) is 0 Å². The highest BCUT2D eigenvalue weighted by Gasteiger charge is 2.01. The maximum atomic E-state index is 10.9. The van der Waals surface area contributed by atoms with Gasteiger partial charge in [-0.15, -0.1) is 0 Å². The maximum absolute atomic E-state index is 10.9. The third-order valence-electron chi connectivity index (χ3n) is 2.09. The molecule has 0 aliphatic rings. The minimum atomic E-state index is -0.503. The second-order valence-corrected chi connectivity index (χ2v) is 3.41. The Morgan fingerprint density at radius 3 is 2.94 bits per heavy atom. The van der Waals surface area contributed by atoms with E-state index in [0.717, 1.165) is 26.1 Å². The number of nitrogens with one attached hydrogen (secondary N) is 2. The van der Waals surface area contributed by atoms with Crippen LogP contribution in [0.25, 0.3) is 0 Å². The predicted octanol–water partition coefficient (Wildman–Crippen LogP) is 0.592. The molecule has 0 spiro atoms. The number of carbonyl (C=O) groups is 1. The molecule has 88 valence electrons. The first-order chi connectivity index (χ1) is 7.74. The van der Waals surface area contributed by atoms with Crippen molar-refractivity contribution in [2.75, 3.05) is 25.0 Å². The van der Waals surface area contributed by atoms with E-state index in [1.807, 2.05) is 6.07 Å². The number of rotatable bonds is 7. The third-order valence-corrected chi connectivity index (χ3v) is 2.09. The van der Waals surface area contributed by atoms with Gasteiger partial charge in [-0.3, -0.25) is 4.79 Å². The van der Waals surface area contributed by atoms with Crippen LogP contribution in [0.4, 0.5) is 5.82 Å². The quantitative estimate of drug-likeness (QED) is 0.590. The molecule has 0 unspecified atom stereocenters. The molecule has 0 fully saturated rings. The van der Waals surface area contributed by atoms with Crippen LogP contribution in [0, 0.1) is 0 Å². The van der Waals surface area contributed by atoms with Crippen molar-refractivity contribution in [3.8, 4) is 0 Å². The molecule has 1 aromatic rings. The zero-order chi connectivity index (χ0) is 11.8. The number of primary amides is 1. The summed E-state index contributed by atoms with van der Waals surface area (Å²) < 4.78 is 0. The van der Waals surface area contributed by atoms with Crippen LogP contribution in [0.15, 0.2) is 18.2 Å². The summed E-state index contributed by atoms with van der Waals surface area (Å²) in [6.07, 6.45) is 1.01. The molecule has 4 N–H and O–H groups in total. The van der Waals surface area contributed by atoms with Crippen molar-refractivity contribution < 1.29 is 4.79 Å². The van der Waals surface area contributed by atoms with Gasteiger partial charge < -0.3 is 16.4 Å². The molecule has 1 aromatic heterocycles. The molecule has 0 bridgehead atoms. The van der Waals surface area contributed by atoms with Gasteiger partial charge in [0.1, 0.15) is 11.5 Å². The Balaban J connectivity index is 2.36. The normalized spacial score (nSPS) is 10.1. The standard InChI is InChI=1S/C11H18N4O/c1-2-13-7-4-8-14-10-6-3-5-9(15-10)11(12)16/h3,5-6,13H,2,4,7-8H2,1H3,(H2,12,16)(H,14,15). The van der Waals surface area contributed by atoms with Gasteiger partial charge in [-0.1, -0.05) is 13.0 Å². The number of hydrogen-bond acceptors (Lipinski definition) is 4. The average Bonchev–Trinajstić information content (AvgIpc) is 2.29. The lowest BCUT2D eigenvalue weighted by Gasteiger charge is -2.06. The summed E-state index contributed by atoms with van der Waals surface area (Å²) in [4.78, 5) is 15.0. The van der Waals surface area contributed by atoms with Gasteiger partial charge in [0.25, 0.3) is 5.91 Å². The molecular formula is C11H18N4O. The van der Waals surface area contributed by atoms with Crippen LogP contribution in [-0.2, 0) is 0 Å². The molecule has 0 saturated carbocycles. The molecule has 5 heteroatoms. The fraction of sp³-hybridized carbons (Fsp3) is 0.455. The molecule has 0 saturated heterocycles. The minimum Gasteiger partial charge on any atom is -0.370 e. The van der Waals surface area contributed by atoms with E-state index in [1.165, 1.54) is 0 Å². The number of nitrogens with zero attached hydrogens (tertiary/aromatic N) is 1. The lowest BCUT2D eigenvalue weighted by atomic mass is 10.3. The van der Waals surface area contributed by atoms with E-state index in [9.17, 15) is 4.79 Å². The maximum Gasteiger partial charge on any atom is 0.267 e. The summed E-state index contributed by atoms with van der Waals surface area (Å²) >= 11 is 0. The third kappa shape index (κ3) is 4.27.